The number of halogens is 1. The van der Waals surface area contributed by atoms with Gasteiger partial charge in [-0.1, -0.05) is 5.16 Å². The summed E-state index contributed by atoms with van der Waals surface area (Å²) in [7, 11) is 0. The highest BCUT2D eigenvalue weighted by Gasteiger charge is 2.13. The predicted molar refractivity (Wildman–Crippen MR) is 77.0 cm³/mol. The van der Waals surface area contributed by atoms with Gasteiger partial charge in [0.25, 0.3) is 0 Å². The molecular formula is C14H12ClN5O. The smallest absolute Gasteiger partial charge is 0.223 e. The summed E-state index contributed by atoms with van der Waals surface area (Å²) in [6.45, 7) is 2.19. The number of hydrogen-bond acceptors (Lipinski definition) is 5. The Morgan fingerprint density at radius 1 is 1.38 bits per heavy atom. The number of hydrogen-bond donors (Lipinski definition) is 0. The van der Waals surface area contributed by atoms with Crippen molar-refractivity contribution >= 4 is 22.6 Å². The highest BCUT2D eigenvalue weighted by molar-refractivity contribution is 6.17. The first-order valence-electron chi connectivity index (χ1n) is 6.45. The number of fused-ring (bicyclic) bond motifs is 1. The van der Waals surface area contributed by atoms with Crippen LogP contribution in [0.25, 0.3) is 11.0 Å². The molecule has 3 rings (SSSR count). The van der Waals surface area contributed by atoms with Gasteiger partial charge in [0.15, 0.2) is 5.82 Å². The molecule has 0 bridgehead atoms. The van der Waals surface area contributed by atoms with Gasteiger partial charge in [0.1, 0.15) is 5.82 Å². The predicted octanol–water partition coefficient (Wildman–Crippen LogP) is 2.43. The van der Waals surface area contributed by atoms with E-state index in [4.69, 9.17) is 21.4 Å². The van der Waals surface area contributed by atoms with Gasteiger partial charge >= 0.3 is 0 Å². The number of aromatic nitrogens is 4. The van der Waals surface area contributed by atoms with E-state index in [9.17, 15) is 0 Å². The van der Waals surface area contributed by atoms with Gasteiger partial charge in [-0.05, 0) is 18.2 Å². The maximum Gasteiger partial charge on any atom is 0.223 e. The zero-order chi connectivity index (χ0) is 14.8. The lowest BCUT2D eigenvalue weighted by Crippen LogP contribution is -2.07. The van der Waals surface area contributed by atoms with Gasteiger partial charge in [-0.3, -0.25) is 0 Å². The minimum absolute atomic E-state index is 0.439. The number of nitriles is 1. The maximum absolute atomic E-state index is 9.05. The van der Waals surface area contributed by atoms with E-state index in [1.165, 1.54) is 0 Å². The third-order valence-electron chi connectivity index (χ3n) is 3.14. The molecule has 106 valence electrons. The molecule has 0 saturated heterocycles. The molecule has 7 heteroatoms. The molecule has 0 aliphatic heterocycles. The van der Waals surface area contributed by atoms with Gasteiger partial charge in [0.2, 0.25) is 5.89 Å². The fourth-order valence-electron chi connectivity index (χ4n) is 2.24. The Hall–Kier alpha value is -2.39. The zero-order valence-electron chi connectivity index (χ0n) is 11.4. The van der Waals surface area contributed by atoms with Gasteiger partial charge in [-0.25, -0.2) is 4.98 Å². The molecule has 0 saturated carbocycles. The van der Waals surface area contributed by atoms with E-state index in [2.05, 4.69) is 21.2 Å². The summed E-state index contributed by atoms with van der Waals surface area (Å²) >= 11 is 5.85. The molecule has 0 fully saturated rings. The number of benzene rings is 1. The second kappa shape index (κ2) is 5.54. The first-order valence-corrected chi connectivity index (χ1v) is 6.99. The summed E-state index contributed by atoms with van der Waals surface area (Å²) in [6, 6.07) is 7.54. The van der Waals surface area contributed by atoms with Crippen molar-refractivity contribution in [1.82, 2.24) is 19.7 Å². The average Bonchev–Trinajstić information content (AvgIpc) is 3.04. The van der Waals surface area contributed by atoms with E-state index in [0.29, 0.717) is 36.1 Å². The van der Waals surface area contributed by atoms with Gasteiger partial charge in [0.05, 0.1) is 29.2 Å². The maximum atomic E-state index is 9.05. The molecule has 2 heterocycles. The first kappa shape index (κ1) is 13.6. The van der Waals surface area contributed by atoms with E-state index in [1.54, 1.807) is 13.0 Å². The lowest BCUT2D eigenvalue weighted by atomic mass is 10.2. The van der Waals surface area contributed by atoms with E-state index in [1.807, 2.05) is 16.7 Å². The van der Waals surface area contributed by atoms with Crippen LogP contribution in [0.2, 0.25) is 0 Å². The fraction of sp³-hybridized carbons (Fsp3) is 0.286. The lowest BCUT2D eigenvalue weighted by Gasteiger charge is -2.05. The van der Waals surface area contributed by atoms with Crippen LogP contribution < -0.4 is 0 Å². The van der Waals surface area contributed by atoms with E-state index < -0.39 is 0 Å². The SMILES string of the molecule is Cc1nc(Cn2c(CCCl)nc3ccc(C#N)cc32)no1. The molecule has 21 heavy (non-hydrogen) atoms. The van der Waals surface area contributed by atoms with Crippen LogP contribution in [-0.2, 0) is 13.0 Å². The van der Waals surface area contributed by atoms with Crippen LogP contribution >= 0.6 is 11.6 Å². The van der Waals surface area contributed by atoms with Crippen molar-refractivity contribution in [3.05, 3.63) is 41.3 Å². The van der Waals surface area contributed by atoms with Gasteiger partial charge in [0, 0.05) is 19.2 Å². The van der Waals surface area contributed by atoms with E-state index in [-0.39, 0.29) is 0 Å². The highest BCUT2D eigenvalue weighted by atomic mass is 35.5. The van der Waals surface area contributed by atoms with Gasteiger partial charge in [-0.2, -0.15) is 10.2 Å². The molecular weight excluding hydrogens is 290 g/mol. The van der Waals surface area contributed by atoms with Crippen LogP contribution in [0.4, 0.5) is 0 Å². The fourth-order valence-corrected chi connectivity index (χ4v) is 2.41. The Labute approximate surface area is 126 Å². The topological polar surface area (TPSA) is 80.5 Å². The van der Waals surface area contributed by atoms with Crippen LogP contribution in [0, 0.1) is 18.3 Å². The molecule has 0 aliphatic carbocycles. The molecule has 3 aromatic rings. The minimum Gasteiger partial charge on any atom is -0.340 e. The Morgan fingerprint density at radius 2 is 2.24 bits per heavy atom. The average molecular weight is 302 g/mol. The van der Waals surface area contributed by atoms with Crippen LogP contribution in [-0.4, -0.2) is 25.6 Å². The summed E-state index contributed by atoms with van der Waals surface area (Å²) in [5.41, 5.74) is 2.29. The van der Waals surface area contributed by atoms with Gasteiger partial charge in [-0.15, -0.1) is 11.6 Å². The van der Waals surface area contributed by atoms with E-state index in [0.717, 1.165) is 16.9 Å². The quantitative estimate of drug-likeness (QED) is 0.691. The summed E-state index contributed by atoms with van der Waals surface area (Å²) in [5, 5.41) is 13.0. The molecule has 0 amide bonds. The second-order valence-corrected chi connectivity index (χ2v) is 4.98. The number of imidazole rings is 1. The number of nitrogens with zero attached hydrogens (tertiary/aromatic N) is 5. The van der Waals surface area contributed by atoms with Gasteiger partial charge < -0.3 is 9.09 Å². The third-order valence-corrected chi connectivity index (χ3v) is 3.33. The third kappa shape index (κ3) is 2.60. The van der Waals surface area contributed by atoms with Crippen molar-refractivity contribution in [2.45, 2.75) is 19.9 Å². The molecule has 0 spiro atoms. The van der Waals surface area contributed by atoms with Crippen molar-refractivity contribution < 1.29 is 4.52 Å². The van der Waals surface area contributed by atoms with Crippen LogP contribution in [0.1, 0.15) is 23.1 Å². The monoisotopic (exact) mass is 301 g/mol. The normalized spacial score (nSPS) is 10.9. The second-order valence-electron chi connectivity index (χ2n) is 4.60. The van der Waals surface area contributed by atoms with Crippen molar-refractivity contribution in [1.29, 1.82) is 5.26 Å². The molecule has 6 nitrogen and oxygen atoms in total. The Morgan fingerprint density at radius 3 is 2.90 bits per heavy atom. The van der Waals surface area contributed by atoms with Crippen molar-refractivity contribution in [2.24, 2.45) is 0 Å². The standard InChI is InChI=1S/C14H12ClN5O/c1-9-17-13(19-21-9)8-20-12-6-10(7-16)2-3-11(12)18-14(20)4-5-15/h2-3,6H,4-5,8H2,1H3. The highest BCUT2D eigenvalue weighted by Crippen LogP contribution is 2.19. The molecule has 0 N–H and O–H groups in total. The summed E-state index contributed by atoms with van der Waals surface area (Å²) < 4.78 is 6.97. The molecule has 0 aliphatic rings. The Bertz CT molecular complexity index is 830. The van der Waals surface area contributed by atoms with Crippen LogP contribution in [0.5, 0.6) is 0 Å². The Balaban J connectivity index is 2.12. The lowest BCUT2D eigenvalue weighted by molar-refractivity contribution is 0.386. The molecule has 0 radical (unpaired) electrons. The van der Waals surface area contributed by atoms with Crippen molar-refractivity contribution in [2.75, 3.05) is 5.88 Å². The van der Waals surface area contributed by atoms with Crippen molar-refractivity contribution in [3.63, 3.8) is 0 Å². The molecule has 1 aromatic carbocycles. The van der Waals surface area contributed by atoms with Crippen molar-refractivity contribution in [3.8, 4) is 6.07 Å². The Kier molecular flexibility index (Phi) is 3.59. The number of alkyl halides is 1. The first-order chi connectivity index (χ1) is 10.2. The number of rotatable bonds is 4. The number of aryl methyl sites for hydroxylation is 2. The zero-order valence-corrected chi connectivity index (χ0v) is 12.1. The molecule has 0 atom stereocenters. The van der Waals surface area contributed by atoms with Crippen LogP contribution in [0.3, 0.4) is 0 Å². The van der Waals surface area contributed by atoms with Crippen LogP contribution in [0.15, 0.2) is 22.7 Å². The summed E-state index contributed by atoms with van der Waals surface area (Å²) in [6.07, 6.45) is 0.634. The van der Waals surface area contributed by atoms with E-state index >= 15 is 0 Å². The molecule has 0 unspecified atom stereocenters. The molecule has 2 aromatic heterocycles. The minimum atomic E-state index is 0.439. The summed E-state index contributed by atoms with van der Waals surface area (Å²) in [5.74, 6) is 2.41. The summed E-state index contributed by atoms with van der Waals surface area (Å²) in [4.78, 5) is 8.78. The largest absolute Gasteiger partial charge is 0.340 e.